The summed E-state index contributed by atoms with van der Waals surface area (Å²) < 4.78 is 43.7. The summed E-state index contributed by atoms with van der Waals surface area (Å²) in [5, 5.41) is 10.4. The number of fused-ring (bicyclic) bond motifs is 1. The van der Waals surface area contributed by atoms with Gasteiger partial charge in [-0.15, -0.1) is 12.4 Å². The molecule has 2 N–H and O–H groups in total. The summed E-state index contributed by atoms with van der Waals surface area (Å²) in [5.41, 5.74) is 2.77. The van der Waals surface area contributed by atoms with Gasteiger partial charge in [0, 0.05) is 37.3 Å². The van der Waals surface area contributed by atoms with Gasteiger partial charge in [0.2, 0.25) is 10.0 Å². The van der Waals surface area contributed by atoms with Crippen molar-refractivity contribution in [3.63, 3.8) is 0 Å². The lowest BCUT2D eigenvalue weighted by atomic mass is 10.1. The molecule has 1 fully saturated rings. The molecule has 2 aliphatic heterocycles. The topological polar surface area (TPSA) is 106 Å². The zero-order valence-corrected chi connectivity index (χ0v) is 19.3. The second-order valence-corrected chi connectivity index (χ2v) is 9.78. The Bertz CT molecular complexity index is 974. The van der Waals surface area contributed by atoms with Gasteiger partial charge in [-0.2, -0.15) is 9.40 Å². The molecule has 0 amide bonds. The van der Waals surface area contributed by atoms with E-state index in [9.17, 15) is 8.42 Å². The first-order valence-corrected chi connectivity index (χ1v) is 11.8. The Morgan fingerprint density at radius 2 is 1.87 bits per heavy atom. The van der Waals surface area contributed by atoms with Gasteiger partial charge < -0.3 is 19.5 Å². The molecule has 4 rings (SSSR count). The predicted octanol–water partition coefficient (Wildman–Crippen LogP) is 1.80. The second kappa shape index (κ2) is 10.2. The molecule has 1 aromatic heterocycles. The van der Waals surface area contributed by atoms with E-state index in [0.29, 0.717) is 45.1 Å². The van der Waals surface area contributed by atoms with E-state index in [1.165, 1.54) is 4.31 Å². The molecular formula is C20H29ClN4O5S. The molecule has 1 aromatic carbocycles. The zero-order valence-electron chi connectivity index (χ0n) is 17.7. The zero-order chi connectivity index (χ0) is 21.1. The molecule has 31 heavy (non-hydrogen) atoms. The van der Waals surface area contributed by atoms with Gasteiger partial charge >= 0.3 is 0 Å². The molecule has 2 aliphatic rings. The van der Waals surface area contributed by atoms with Crippen LogP contribution in [0.4, 0.5) is 0 Å². The van der Waals surface area contributed by atoms with Crippen molar-refractivity contribution in [2.75, 3.05) is 38.6 Å². The third-order valence-corrected chi connectivity index (χ3v) is 6.99. The molecule has 2 unspecified atom stereocenters. The number of aromatic nitrogens is 2. The maximum atomic E-state index is 12.6. The first kappa shape index (κ1) is 23.8. The molecule has 172 valence electrons. The van der Waals surface area contributed by atoms with E-state index in [1.807, 2.05) is 32.0 Å². The summed E-state index contributed by atoms with van der Waals surface area (Å²) in [7, 11) is -3.33. The van der Waals surface area contributed by atoms with Crippen molar-refractivity contribution in [2.24, 2.45) is 0 Å². The van der Waals surface area contributed by atoms with E-state index in [0.717, 1.165) is 22.6 Å². The Labute approximate surface area is 188 Å². The van der Waals surface area contributed by atoms with Crippen molar-refractivity contribution >= 4 is 22.4 Å². The van der Waals surface area contributed by atoms with E-state index in [2.05, 4.69) is 15.5 Å². The number of benzene rings is 1. The van der Waals surface area contributed by atoms with Crippen LogP contribution in [0.25, 0.3) is 11.3 Å². The quantitative estimate of drug-likeness (QED) is 0.592. The minimum atomic E-state index is -3.33. The Kier molecular flexibility index (Phi) is 7.82. The fraction of sp³-hybridized carbons (Fsp3) is 0.550. The summed E-state index contributed by atoms with van der Waals surface area (Å²) in [6.07, 6.45) is 1.57. The average molecular weight is 473 g/mol. The van der Waals surface area contributed by atoms with Gasteiger partial charge in [-0.3, -0.25) is 5.10 Å². The van der Waals surface area contributed by atoms with Crippen LogP contribution < -0.4 is 14.8 Å². The fourth-order valence-electron chi connectivity index (χ4n) is 3.81. The fourth-order valence-corrected chi connectivity index (χ4v) is 5.34. The number of H-pyrrole nitrogens is 1. The Hall–Kier alpha value is -1.85. The largest absolute Gasteiger partial charge is 0.486 e. The van der Waals surface area contributed by atoms with Crippen LogP contribution in [0.15, 0.2) is 24.4 Å². The molecule has 0 saturated carbocycles. The Morgan fingerprint density at radius 3 is 2.61 bits per heavy atom. The van der Waals surface area contributed by atoms with Gasteiger partial charge in [0.05, 0.1) is 29.9 Å². The van der Waals surface area contributed by atoms with E-state index >= 15 is 0 Å². The molecule has 3 heterocycles. The number of hydrogen-bond acceptors (Lipinski definition) is 7. The van der Waals surface area contributed by atoms with Crippen molar-refractivity contribution in [1.82, 2.24) is 19.8 Å². The van der Waals surface area contributed by atoms with Crippen LogP contribution in [0.1, 0.15) is 19.4 Å². The normalized spacial score (nSPS) is 21.5. The van der Waals surface area contributed by atoms with Crippen molar-refractivity contribution in [3.05, 3.63) is 30.0 Å². The van der Waals surface area contributed by atoms with E-state index in [1.54, 1.807) is 6.20 Å². The van der Waals surface area contributed by atoms with Gasteiger partial charge in [-0.25, -0.2) is 8.42 Å². The maximum Gasteiger partial charge on any atom is 0.215 e. The van der Waals surface area contributed by atoms with Crippen molar-refractivity contribution < 1.29 is 22.6 Å². The molecule has 11 heteroatoms. The predicted molar refractivity (Wildman–Crippen MR) is 119 cm³/mol. The number of nitrogens with one attached hydrogen (secondary N) is 2. The van der Waals surface area contributed by atoms with Crippen molar-refractivity contribution in [1.29, 1.82) is 0 Å². The smallest absolute Gasteiger partial charge is 0.215 e. The van der Waals surface area contributed by atoms with Gasteiger partial charge in [-0.05, 0) is 32.0 Å². The second-order valence-electron chi connectivity index (χ2n) is 7.70. The number of halogens is 1. The number of ether oxygens (including phenoxy) is 3. The monoisotopic (exact) mass is 472 g/mol. The van der Waals surface area contributed by atoms with Crippen LogP contribution in [0.5, 0.6) is 11.5 Å². The van der Waals surface area contributed by atoms with Gasteiger partial charge in [0.15, 0.2) is 11.5 Å². The van der Waals surface area contributed by atoms with E-state index < -0.39 is 10.0 Å². The maximum absolute atomic E-state index is 12.6. The van der Waals surface area contributed by atoms with Crippen LogP contribution in [-0.4, -0.2) is 73.7 Å². The first-order valence-electron chi connectivity index (χ1n) is 10.2. The molecule has 0 spiro atoms. The molecule has 0 radical (unpaired) electrons. The summed E-state index contributed by atoms with van der Waals surface area (Å²) in [5.74, 6) is 1.50. The van der Waals surface area contributed by atoms with E-state index in [4.69, 9.17) is 14.2 Å². The summed E-state index contributed by atoms with van der Waals surface area (Å²) in [6, 6.07) is 5.77. The Morgan fingerprint density at radius 1 is 1.16 bits per heavy atom. The highest BCUT2D eigenvalue weighted by Crippen LogP contribution is 2.34. The highest BCUT2D eigenvalue weighted by molar-refractivity contribution is 7.89. The number of aromatic amines is 1. The third kappa shape index (κ3) is 5.69. The molecule has 0 aliphatic carbocycles. The van der Waals surface area contributed by atoms with E-state index in [-0.39, 0.29) is 30.4 Å². The summed E-state index contributed by atoms with van der Waals surface area (Å²) in [6.45, 7) is 6.55. The summed E-state index contributed by atoms with van der Waals surface area (Å²) >= 11 is 0. The van der Waals surface area contributed by atoms with Crippen molar-refractivity contribution in [3.8, 4) is 22.8 Å². The van der Waals surface area contributed by atoms with Crippen LogP contribution in [0.3, 0.4) is 0 Å². The molecular weight excluding hydrogens is 444 g/mol. The lowest BCUT2D eigenvalue weighted by Crippen LogP contribution is -2.49. The SMILES string of the molecule is CC1CN(S(=O)(=O)CCNCc2cn[nH]c2-c2ccc3c(c2)OCCO3)CC(C)O1.Cl. The number of nitrogens with zero attached hydrogens (tertiary/aromatic N) is 2. The highest BCUT2D eigenvalue weighted by Gasteiger charge is 2.30. The molecule has 2 atom stereocenters. The van der Waals surface area contributed by atoms with Crippen LogP contribution in [0.2, 0.25) is 0 Å². The lowest BCUT2D eigenvalue weighted by Gasteiger charge is -2.34. The standard InChI is InChI=1S/C20H28N4O5S.ClH/c1-14-12-24(13-15(2)29-14)30(25,26)8-5-21-10-17-11-22-23-20(17)16-3-4-18-19(9-16)28-7-6-27-18;/h3-4,9,11,14-15,21H,5-8,10,12-13H2,1-2H3,(H,22,23);1H. The van der Waals surface area contributed by atoms with Crippen LogP contribution in [0, 0.1) is 0 Å². The van der Waals surface area contributed by atoms with Crippen LogP contribution in [-0.2, 0) is 21.3 Å². The third-order valence-electron chi connectivity index (χ3n) is 5.18. The molecule has 1 saturated heterocycles. The van der Waals surface area contributed by atoms with Crippen LogP contribution >= 0.6 is 12.4 Å². The molecule has 0 bridgehead atoms. The minimum absolute atomic E-state index is 0. The molecule has 2 aromatic rings. The lowest BCUT2D eigenvalue weighted by molar-refractivity contribution is -0.0440. The first-order chi connectivity index (χ1) is 14.4. The minimum Gasteiger partial charge on any atom is -0.486 e. The molecule has 9 nitrogen and oxygen atoms in total. The van der Waals surface area contributed by atoms with Gasteiger partial charge in [-0.1, -0.05) is 0 Å². The van der Waals surface area contributed by atoms with Gasteiger partial charge in [0.25, 0.3) is 0 Å². The average Bonchev–Trinajstić information content (AvgIpc) is 3.19. The number of hydrogen-bond donors (Lipinski definition) is 2. The Balaban J connectivity index is 0.00000272. The number of sulfonamides is 1. The van der Waals surface area contributed by atoms with Gasteiger partial charge in [0.1, 0.15) is 13.2 Å². The van der Waals surface area contributed by atoms with Crippen molar-refractivity contribution in [2.45, 2.75) is 32.6 Å². The number of rotatable bonds is 7. The number of morpholine rings is 1. The summed E-state index contributed by atoms with van der Waals surface area (Å²) in [4.78, 5) is 0. The highest BCUT2D eigenvalue weighted by atomic mass is 35.5.